The number of aromatic nitrogens is 3. The first kappa shape index (κ1) is 13.8. The molecule has 0 spiro atoms. The summed E-state index contributed by atoms with van der Waals surface area (Å²) in [5, 5.41) is 9.96. The molecule has 0 bridgehead atoms. The smallest absolute Gasteiger partial charge is 0.408 e. The zero-order valence-corrected chi connectivity index (χ0v) is 10.2. The minimum atomic E-state index is -4.42. The van der Waals surface area contributed by atoms with Gasteiger partial charge in [-0.15, -0.1) is 5.10 Å². The van der Waals surface area contributed by atoms with Crippen LogP contribution in [0.1, 0.15) is 35.1 Å². The van der Waals surface area contributed by atoms with Gasteiger partial charge in [0.15, 0.2) is 5.69 Å². The van der Waals surface area contributed by atoms with E-state index in [1.54, 1.807) is 0 Å². The second kappa shape index (κ2) is 5.16. The number of esters is 1. The second-order valence-corrected chi connectivity index (χ2v) is 4.24. The van der Waals surface area contributed by atoms with E-state index in [-0.39, 0.29) is 17.4 Å². The van der Waals surface area contributed by atoms with Crippen LogP contribution in [0.4, 0.5) is 13.2 Å². The minimum absolute atomic E-state index is 0.140. The summed E-state index contributed by atoms with van der Waals surface area (Å²) in [5.41, 5.74) is -0.0205. The van der Waals surface area contributed by atoms with E-state index in [9.17, 15) is 18.0 Å². The van der Waals surface area contributed by atoms with Crippen LogP contribution in [0.5, 0.6) is 0 Å². The van der Waals surface area contributed by atoms with Crippen molar-refractivity contribution in [3.05, 3.63) is 11.4 Å². The zero-order chi connectivity index (χ0) is 14.0. The van der Waals surface area contributed by atoms with Crippen LogP contribution in [0.3, 0.4) is 0 Å². The molecule has 0 saturated carbocycles. The molecule has 0 aromatic carbocycles. The van der Waals surface area contributed by atoms with Crippen molar-refractivity contribution in [1.82, 2.24) is 20.3 Å². The minimum Gasteiger partial charge on any atom is -0.464 e. The fourth-order valence-electron chi connectivity index (χ4n) is 2.11. The Bertz CT molecular complexity index is 466. The van der Waals surface area contributed by atoms with Crippen LogP contribution in [-0.4, -0.2) is 40.8 Å². The van der Waals surface area contributed by atoms with E-state index in [0.717, 1.165) is 18.2 Å². The molecule has 1 N–H and O–H groups in total. The van der Waals surface area contributed by atoms with Gasteiger partial charge in [-0.25, -0.2) is 9.48 Å². The third-order valence-corrected chi connectivity index (χ3v) is 2.87. The first-order valence-electron chi connectivity index (χ1n) is 5.74. The molecule has 1 saturated heterocycles. The standard InChI is InChI=1S/C10H13F3N4O2/c1-19-9(18)7-8(6-3-2-4-14-6)17(16-15-7)5-10(11,12)13/h6,14H,2-5H2,1H3. The SMILES string of the molecule is COC(=O)c1nnn(CC(F)(F)F)c1C1CCCN1. The lowest BCUT2D eigenvalue weighted by atomic mass is 10.1. The Balaban J connectivity index is 2.37. The molecule has 6 nitrogen and oxygen atoms in total. The Morgan fingerprint density at radius 1 is 1.58 bits per heavy atom. The van der Waals surface area contributed by atoms with E-state index in [4.69, 9.17) is 0 Å². The molecule has 0 aliphatic carbocycles. The van der Waals surface area contributed by atoms with Crippen molar-refractivity contribution in [3.8, 4) is 0 Å². The first-order chi connectivity index (χ1) is 8.92. The van der Waals surface area contributed by atoms with Crippen molar-refractivity contribution in [3.63, 3.8) is 0 Å². The van der Waals surface area contributed by atoms with Crippen LogP contribution in [-0.2, 0) is 11.3 Å². The molecule has 0 radical (unpaired) electrons. The highest BCUT2D eigenvalue weighted by Gasteiger charge is 2.35. The summed E-state index contributed by atoms with van der Waals surface area (Å²) in [4.78, 5) is 11.5. The first-order valence-corrected chi connectivity index (χ1v) is 5.74. The van der Waals surface area contributed by atoms with E-state index in [1.165, 1.54) is 0 Å². The van der Waals surface area contributed by atoms with Crippen LogP contribution in [0, 0.1) is 0 Å². The topological polar surface area (TPSA) is 69.0 Å². The molecule has 9 heteroatoms. The number of halogens is 3. The molecule has 106 valence electrons. The average Bonchev–Trinajstić information content (AvgIpc) is 2.94. The van der Waals surface area contributed by atoms with Crippen molar-refractivity contribution < 1.29 is 22.7 Å². The Kier molecular flexibility index (Phi) is 3.74. The van der Waals surface area contributed by atoms with E-state index >= 15 is 0 Å². The number of rotatable bonds is 3. The van der Waals surface area contributed by atoms with E-state index in [1.807, 2.05) is 0 Å². The van der Waals surface area contributed by atoms with Gasteiger partial charge in [0.1, 0.15) is 6.54 Å². The van der Waals surface area contributed by atoms with Crippen LogP contribution in [0.2, 0.25) is 0 Å². The lowest BCUT2D eigenvalue weighted by molar-refractivity contribution is -0.143. The predicted octanol–water partition coefficient (Wildman–Crippen LogP) is 1.05. The molecule has 1 aromatic heterocycles. The largest absolute Gasteiger partial charge is 0.464 e. The van der Waals surface area contributed by atoms with Gasteiger partial charge >= 0.3 is 12.1 Å². The average molecular weight is 278 g/mol. The molecule has 0 amide bonds. The number of ether oxygens (including phenoxy) is 1. The van der Waals surface area contributed by atoms with E-state index in [0.29, 0.717) is 13.0 Å². The molecule has 1 aromatic rings. The van der Waals surface area contributed by atoms with Crippen LogP contribution in [0.25, 0.3) is 0 Å². The molecule has 1 unspecified atom stereocenters. The molecule has 2 heterocycles. The van der Waals surface area contributed by atoms with Gasteiger partial charge in [-0.3, -0.25) is 0 Å². The monoisotopic (exact) mass is 278 g/mol. The molecule has 1 aliphatic heterocycles. The summed E-state index contributed by atoms with van der Waals surface area (Å²) in [5.74, 6) is -0.780. The highest BCUT2D eigenvalue weighted by atomic mass is 19.4. The van der Waals surface area contributed by atoms with Crippen LogP contribution >= 0.6 is 0 Å². The normalized spacial score (nSPS) is 19.7. The summed E-state index contributed by atoms with van der Waals surface area (Å²) >= 11 is 0. The molecule has 1 fully saturated rings. The van der Waals surface area contributed by atoms with Gasteiger partial charge in [0.25, 0.3) is 0 Å². The van der Waals surface area contributed by atoms with Gasteiger partial charge in [0, 0.05) is 0 Å². The molecular weight excluding hydrogens is 265 g/mol. The summed E-state index contributed by atoms with van der Waals surface area (Å²) in [7, 11) is 1.15. The van der Waals surface area contributed by atoms with Gasteiger partial charge < -0.3 is 10.1 Å². The quantitative estimate of drug-likeness (QED) is 0.837. The number of nitrogens with one attached hydrogen (secondary N) is 1. The molecule has 19 heavy (non-hydrogen) atoms. The molecule has 1 atom stereocenters. The molecule has 1 aliphatic rings. The summed E-state index contributed by atoms with van der Waals surface area (Å²) < 4.78 is 42.7. The summed E-state index contributed by atoms with van der Waals surface area (Å²) in [6.07, 6.45) is -2.97. The number of methoxy groups -OCH3 is 1. The van der Waals surface area contributed by atoms with Gasteiger partial charge in [0.05, 0.1) is 18.8 Å². The van der Waals surface area contributed by atoms with Crippen molar-refractivity contribution in [2.45, 2.75) is 31.6 Å². The van der Waals surface area contributed by atoms with Gasteiger partial charge in [-0.05, 0) is 19.4 Å². The number of hydrogen-bond donors (Lipinski definition) is 1. The maximum atomic E-state index is 12.5. The molecule has 2 rings (SSSR count). The van der Waals surface area contributed by atoms with Gasteiger partial charge in [-0.2, -0.15) is 13.2 Å². The number of nitrogens with zero attached hydrogens (tertiary/aromatic N) is 3. The number of hydrogen-bond acceptors (Lipinski definition) is 5. The predicted molar refractivity (Wildman–Crippen MR) is 57.4 cm³/mol. The Morgan fingerprint density at radius 2 is 2.32 bits per heavy atom. The van der Waals surface area contributed by atoms with Crippen molar-refractivity contribution in [2.75, 3.05) is 13.7 Å². The zero-order valence-electron chi connectivity index (χ0n) is 10.2. The van der Waals surface area contributed by atoms with Crippen molar-refractivity contribution in [2.24, 2.45) is 0 Å². The molecular formula is C10H13F3N4O2. The summed E-state index contributed by atoms with van der Waals surface area (Å²) in [6, 6.07) is -0.355. The number of alkyl halides is 3. The highest BCUT2D eigenvalue weighted by molar-refractivity contribution is 5.88. The Morgan fingerprint density at radius 3 is 2.84 bits per heavy atom. The third kappa shape index (κ3) is 3.03. The van der Waals surface area contributed by atoms with E-state index < -0.39 is 18.7 Å². The lowest BCUT2D eigenvalue weighted by Crippen LogP contribution is -2.25. The number of carbonyl (C=O) groups excluding carboxylic acids is 1. The Hall–Kier alpha value is -1.64. The van der Waals surface area contributed by atoms with Crippen molar-refractivity contribution >= 4 is 5.97 Å². The highest BCUT2D eigenvalue weighted by Crippen LogP contribution is 2.27. The van der Waals surface area contributed by atoms with Gasteiger partial charge in [0.2, 0.25) is 0 Å². The maximum Gasteiger partial charge on any atom is 0.408 e. The van der Waals surface area contributed by atoms with E-state index in [2.05, 4.69) is 20.4 Å². The fourth-order valence-corrected chi connectivity index (χ4v) is 2.11. The second-order valence-electron chi connectivity index (χ2n) is 4.24. The van der Waals surface area contributed by atoms with Crippen LogP contribution < -0.4 is 5.32 Å². The lowest BCUT2D eigenvalue weighted by Gasteiger charge is -2.14. The third-order valence-electron chi connectivity index (χ3n) is 2.87. The Labute approximate surface area is 106 Å². The summed E-state index contributed by atoms with van der Waals surface area (Å²) in [6.45, 7) is -0.590. The maximum absolute atomic E-state index is 12.5. The fraction of sp³-hybridized carbons (Fsp3) is 0.700. The van der Waals surface area contributed by atoms with Gasteiger partial charge in [-0.1, -0.05) is 5.21 Å². The van der Waals surface area contributed by atoms with Crippen LogP contribution in [0.15, 0.2) is 0 Å². The number of carbonyl (C=O) groups is 1. The van der Waals surface area contributed by atoms with Crippen molar-refractivity contribution in [1.29, 1.82) is 0 Å².